The second kappa shape index (κ2) is 6.66. The molecule has 6 nitrogen and oxygen atoms in total. The van der Waals surface area contributed by atoms with Crippen LogP contribution in [0.1, 0.15) is 35.2 Å². The molecule has 1 aromatic carbocycles. The number of anilines is 1. The summed E-state index contributed by atoms with van der Waals surface area (Å²) in [6.07, 6.45) is 4.04. The Morgan fingerprint density at radius 3 is 2.73 bits per heavy atom. The standard InChI is InChI=1S/C15H23N3O3S/c1-10-6-7-14(18-22(2,20)21)12(8-10)15(19)17-13-5-3-4-11(13)9-16/h6-8,11,13,18H,3-5,9,16H2,1-2H3,(H,17,19). The lowest BCUT2D eigenvalue weighted by molar-refractivity contribution is 0.0929. The highest BCUT2D eigenvalue weighted by Gasteiger charge is 2.28. The molecule has 7 heteroatoms. The number of amides is 1. The summed E-state index contributed by atoms with van der Waals surface area (Å²) in [5, 5.41) is 3.00. The number of sulfonamides is 1. The van der Waals surface area contributed by atoms with Crippen molar-refractivity contribution in [3.8, 4) is 0 Å². The Bertz CT molecular complexity index is 658. The number of nitrogens with two attached hydrogens (primary N) is 1. The van der Waals surface area contributed by atoms with Crippen LogP contribution in [0.2, 0.25) is 0 Å². The van der Waals surface area contributed by atoms with E-state index in [0.717, 1.165) is 31.1 Å². The van der Waals surface area contributed by atoms with Gasteiger partial charge in [0.2, 0.25) is 10.0 Å². The number of carbonyl (C=O) groups excluding carboxylic acids is 1. The fourth-order valence-electron chi connectivity index (χ4n) is 2.89. The summed E-state index contributed by atoms with van der Waals surface area (Å²) in [5.41, 5.74) is 7.27. The highest BCUT2D eigenvalue weighted by Crippen LogP contribution is 2.26. The third-order valence-corrected chi connectivity index (χ3v) is 4.58. The number of nitrogens with one attached hydrogen (secondary N) is 2. The minimum Gasteiger partial charge on any atom is -0.349 e. The van der Waals surface area contributed by atoms with Crippen LogP contribution in [0.5, 0.6) is 0 Å². The van der Waals surface area contributed by atoms with Crippen molar-refractivity contribution in [1.82, 2.24) is 5.32 Å². The van der Waals surface area contributed by atoms with Crippen molar-refractivity contribution >= 4 is 21.6 Å². The predicted molar refractivity (Wildman–Crippen MR) is 87.3 cm³/mol. The zero-order valence-corrected chi connectivity index (χ0v) is 13.7. The molecule has 1 aliphatic carbocycles. The molecule has 2 unspecified atom stereocenters. The third kappa shape index (κ3) is 4.20. The SMILES string of the molecule is Cc1ccc(NS(C)(=O)=O)c(C(=O)NC2CCCC2CN)c1. The van der Waals surface area contributed by atoms with Gasteiger partial charge in [0.1, 0.15) is 0 Å². The molecule has 0 aliphatic heterocycles. The Morgan fingerprint density at radius 2 is 2.09 bits per heavy atom. The summed E-state index contributed by atoms with van der Waals surface area (Å²) in [4.78, 5) is 12.5. The van der Waals surface area contributed by atoms with Crippen molar-refractivity contribution in [2.45, 2.75) is 32.2 Å². The van der Waals surface area contributed by atoms with Gasteiger partial charge in [0, 0.05) is 6.04 Å². The van der Waals surface area contributed by atoms with E-state index in [1.54, 1.807) is 18.2 Å². The van der Waals surface area contributed by atoms with Crippen LogP contribution in [0.15, 0.2) is 18.2 Å². The van der Waals surface area contributed by atoms with Gasteiger partial charge in [0.15, 0.2) is 0 Å². The summed E-state index contributed by atoms with van der Waals surface area (Å²) >= 11 is 0. The maximum Gasteiger partial charge on any atom is 0.253 e. The zero-order chi connectivity index (χ0) is 16.3. The Balaban J connectivity index is 2.23. The molecule has 0 saturated heterocycles. The van der Waals surface area contributed by atoms with Crippen LogP contribution in [0.25, 0.3) is 0 Å². The molecule has 1 aromatic rings. The highest BCUT2D eigenvalue weighted by atomic mass is 32.2. The average molecular weight is 325 g/mol. The first kappa shape index (κ1) is 16.8. The van der Waals surface area contributed by atoms with Crippen LogP contribution >= 0.6 is 0 Å². The van der Waals surface area contributed by atoms with Gasteiger partial charge < -0.3 is 11.1 Å². The molecular formula is C15H23N3O3S. The van der Waals surface area contributed by atoms with Crippen LogP contribution in [0.4, 0.5) is 5.69 Å². The summed E-state index contributed by atoms with van der Waals surface area (Å²) in [6.45, 7) is 2.41. The molecule has 1 amide bonds. The largest absolute Gasteiger partial charge is 0.349 e. The van der Waals surface area contributed by atoms with E-state index in [4.69, 9.17) is 5.73 Å². The fraction of sp³-hybridized carbons (Fsp3) is 0.533. The van der Waals surface area contributed by atoms with E-state index in [-0.39, 0.29) is 11.9 Å². The monoisotopic (exact) mass is 325 g/mol. The van der Waals surface area contributed by atoms with Gasteiger partial charge in [-0.15, -0.1) is 0 Å². The highest BCUT2D eigenvalue weighted by molar-refractivity contribution is 7.92. The average Bonchev–Trinajstić information content (AvgIpc) is 2.86. The van der Waals surface area contributed by atoms with E-state index in [0.29, 0.717) is 23.7 Å². The number of carbonyl (C=O) groups is 1. The lowest BCUT2D eigenvalue weighted by Crippen LogP contribution is -2.40. The van der Waals surface area contributed by atoms with Crippen molar-refractivity contribution < 1.29 is 13.2 Å². The van der Waals surface area contributed by atoms with Gasteiger partial charge in [-0.25, -0.2) is 8.42 Å². The van der Waals surface area contributed by atoms with Gasteiger partial charge in [0.05, 0.1) is 17.5 Å². The van der Waals surface area contributed by atoms with Gasteiger partial charge in [0.25, 0.3) is 5.91 Å². The van der Waals surface area contributed by atoms with Crippen molar-refractivity contribution in [3.05, 3.63) is 29.3 Å². The van der Waals surface area contributed by atoms with Crippen LogP contribution in [-0.2, 0) is 10.0 Å². The molecule has 0 spiro atoms. The van der Waals surface area contributed by atoms with Gasteiger partial charge >= 0.3 is 0 Å². The van der Waals surface area contributed by atoms with Crippen molar-refractivity contribution in [2.24, 2.45) is 11.7 Å². The van der Waals surface area contributed by atoms with Crippen molar-refractivity contribution in [1.29, 1.82) is 0 Å². The molecule has 0 bridgehead atoms. The maximum atomic E-state index is 12.5. The number of rotatable bonds is 5. The normalized spacial score (nSPS) is 21.6. The van der Waals surface area contributed by atoms with Gasteiger partial charge in [-0.1, -0.05) is 18.1 Å². The summed E-state index contributed by atoms with van der Waals surface area (Å²) in [5.74, 6) is 0.0280. The smallest absolute Gasteiger partial charge is 0.253 e. The summed E-state index contributed by atoms with van der Waals surface area (Å²) in [6, 6.07) is 5.13. The number of aryl methyl sites for hydroxylation is 1. The Morgan fingerprint density at radius 1 is 1.36 bits per heavy atom. The first-order valence-electron chi connectivity index (χ1n) is 7.39. The summed E-state index contributed by atoms with van der Waals surface area (Å²) in [7, 11) is -3.44. The van der Waals surface area contributed by atoms with E-state index in [9.17, 15) is 13.2 Å². The summed E-state index contributed by atoms with van der Waals surface area (Å²) < 4.78 is 25.3. The minimum absolute atomic E-state index is 0.0593. The predicted octanol–water partition coefficient (Wildman–Crippen LogP) is 1.22. The van der Waals surface area contributed by atoms with Gasteiger partial charge in [-0.2, -0.15) is 0 Å². The molecule has 0 aromatic heterocycles. The fourth-order valence-corrected chi connectivity index (χ4v) is 3.47. The van der Waals surface area contributed by atoms with Crippen LogP contribution in [0.3, 0.4) is 0 Å². The number of hydrogen-bond acceptors (Lipinski definition) is 4. The lowest BCUT2D eigenvalue weighted by atomic mass is 10.0. The Kier molecular flexibility index (Phi) is 5.08. The van der Waals surface area contributed by atoms with Crippen LogP contribution in [-0.4, -0.2) is 33.2 Å². The molecule has 1 fully saturated rings. The maximum absolute atomic E-state index is 12.5. The van der Waals surface area contributed by atoms with Crippen molar-refractivity contribution in [3.63, 3.8) is 0 Å². The van der Waals surface area contributed by atoms with Gasteiger partial charge in [-0.3, -0.25) is 9.52 Å². The van der Waals surface area contributed by atoms with E-state index in [2.05, 4.69) is 10.0 Å². The first-order chi connectivity index (χ1) is 10.3. The topological polar surface area (TPSA) is 101 Å². The zero-order valence-electron chi connectivity index (χ0n) is 12.9. The van der Waals surface area contributed by atoms with E-state index in [1.807, 2.05) is 6.92 Å². The van der Waals surface area contributed by atoms with Gasteiger partial charge in [-0.05, 0) is 44.4 Å². The first-order valence-corrected chi connectivity index (χ1v) is 9.28. The number of hydrogen-bond donors (Lipinski definition) is 3. The molecule has 2 rings (SSSR count). The molecule has 1 saturated carbocycles. The Labute approximate surface area is 131 Å². The second-order valence-corrected chi connectivity index (χ2v) is 7.68. The van der Waals surface area contributed by atoms with E-state index in [1.165, 1.54) is 0 Å². The number of benzene rings is 1. The molecule has 1 aliphatic rings. The van der Waals surface area contributed by atoms with E-state index < -0.39 is 10.0 Å². The minimum atomic E-state index is -3.44. The van der Waals surface area contributed by atoms with E-state index >= 15 is 0 Å². The molecule has 22 heavy (non-hydrogen) atoms. The molecule has 122 valence electrons. The quantitative estimate of drug-likeness (QED) is 0.757. The molecular weight excluding hydrogens is 302 g/mol. The lowest BCUT2D eigenvalue weighted by Gasteiger charge is -2.20. The van der Waals surface area contributed by atoms with Crippen LogP contribution in [0, 0.1) is 12.8 Å². The second-order valence-electron chi connectivity index (χ2n) is 5.93. The molecule has 4 N–H and O–H groups in total. The van der Waals surface area contributed by atoms with Crippen molar-refractivity contribution in [2.75, 3.05) is 17.5 Å². The molecule has 2 atom stereocenters. The third-order valence-electron chi connectivity index (χ3n) is 3.99. The van der Waals surface area contributed by atoms with Crippen LogP contribution < -0.4 is 15.8 Å². The molecule has 0 radical (unpaired) electrons. The Hall–Kier alpha value is -1.60. The molecule has 0 heterocycles.